The van der Waals surface area contributed by atoms with E-state index in [0.29, 0.717) is 11.8 Å². The van der Waals surface area contributed by atoms with E-state index in [2.05, 4.69) is 15.7 Å². The average Bonchev–Trinajstić information content (AvgIpc) is 2.45. The number of rotatable bonds is 4. The second kappa shape index (κ2) is 6.53. The number of halogens is 3. The van der Waals surface area contributed by atoms with Gasteiger partial charge >= 0.3 is 6.18 Å². The Labute approximate surface area is 119 Å². The molecule has 8 heteroatoms. The van der Waals surface area contributed by atoms with E-state index in [9.17, 15) is 13.2 Å². The van der Waals surface area contributed by atoms with Gasteiger partial charge in [-0.05, 0) is 30.7 Å². The molecule has 4 nitrogen and oxygen atoms in total. The zero-order valence-electron chi connectivity index (χ0n) is 10.8. The minimum absolute atomic E-state index is 0.00128. The van der Waals surface area contributed by atoms with Crippen molar-refractivity contribution in [2.45, 2.75) is 30.7 Å². The summed E-state index contributed by atoms with van der Waals surface area (Å²) in [4.78, 5) is 3.99. The summed E-state index contributed by atoms with van der Waals surface area (Å²) in [5.41, 5.74) is 1.40. The van der Waals surface area contributed by atoms with Gasteiger partial charge in [-0.1, -0.05) is 6.42 Å². The van der Waals surface area contributed by atoms with Crippen molar-refractivity contribution < 1.29 is 13.2 Å². The molecule has 1 aliphatic heterocycles. The summed E-state index contributed by atoms with van der Waals surface area (Å²) in [6.45, 7) is 0.614. The molecule has 1 aliphatic rings. The maximum Gasteiger partial charge on any atom is 0.416 e. The molecule has 1 fully saturated rings. The third-order valence-corrected chi connectivity index (χ3v) is 4.48. The summed E-state index contributed by atoms with van der Waals surface area (Å²) >= 11 is 1.85. The molecule has 0 radical (unpaired) electrons. The Balaban J connectivity index is 2.06. The van der Waals surface area contributed by atoms with Crippen LogP contribution in [0.2, 0.25) is 0 Å². The van der Waals surface area contributed by atoms with Gasteiger partial charge in [-0.2, -0.15) is 24.9 Å². The van der Waals surface area contributed by atoms with Gasteiger partial charge in [0.05, 0.1) is 5.56 Å². The van der Waals surface area contributed by atoms with Gasteiger partial charge in [0, 0.05) is 11.8 Å². The molecule has 1 atom stereocenters. The lowest BCUT2D eigenvalue weighted by Gasteiger charge is -2.22. The van der Waals surface area contributed by atoms with Crippen LogP contribution in [0.25, 0.3) is 0 Å². The Morgan fingerprint density at radius 1 is 1.30 bits per heavy atom. The molecule has 0 aromatic carbocycles. The van der Waals surface area contributed by atoms with Crippen LogP contribution in [0, 0.1) is 0 Å². The molecular weight excluding hydrogens is 289 g/mol. The van der Waals surface area contributed by atoms with Crippen molar-refractivity contribution in [3.63, 3.8) is 0 Å². The second-order valence-electron chi connectivity index (χ2n) is 4.64. The number of alkyl halides is 3. The molecule has 4 N–H and O–H groups in total. The molecule has 2 rings (SSSR count). The monoisotopic (exact) mass is 306 g/mol. The summed E-state index contributed by atoms with van der Waals surface area (Å²) in [7, 11) is 0. The van der Waals surface area contributed by atoms with Gasteiger partial charge in [-0.3, -0.25) is 0 Å². The van der Waals surface area contributed by atoms with Crippen LogP contribution in [0.4, 0.5) is 24.8 Å². The SMILES string of the molecule is NNc1cc(C(F)(F)F)cc(NCC2CCCCS2)n1. The smallest absolute Gasteiger partial charge is 0.369 e. The lowest BCUT2D eigenvalue weighted by atomic mass is 10.2. The highest BCUT2D eigenvalue weighted by Crippen LogP contribution is 2.32. The molecule has 20 heavy (non-hydrogen) atoms. The van der Waals surface area contributed by atoms with Gasteiger partial charge < -0.3 is 10.7 Å². The molecular formula is C12H17F3N4S. The van der Waals surface area contributed by atoms with E-state index in [0.717, 1.165) is 24.3 Å². The maximum atomic E-state index is 12.8. The largest absolute Gasteiger partial charge is 0.416 e. The van der Waals surface area contributed by atoms with Crippen LogP contribution in [0.3, 0.4) is 0 Å². The van der Waals surface area contributed by atoms with Crippen molar-refractivity contribution in [1.82, 2.24) is 4.98 Å². The summed E-state index contributed by atoms with van der Waals surface area (Å²) in [5, 5.41) is 3.40. The van der Waals surface area contributed by atoms with Gasteiger partial charge in [0.1, 0.15) is 11.6 Å². The lowest BCUT2D eigenvalue weighted by Crippen LogP contribution is -2.21. The van der Waals surface area contributed by atoms with Gasteiger partial charge in [-0.25, -0.2) is 10.8 Å². The fourth-order valence-corrected chi connectivity index (χ4v) is 3.28. The molecule has 0 saturated carbocycles. The molecule has 112 valence electrons. The first-order valence-electron chi connectivity index (χ1n) is 6.40. The molecule has 0 aliphatic carbocycles. The van der Waals surface area contributed by atoms with E-state index in [1.165, 1.54) is 12.8 Å². The Bertz CT molecular complexity index is 447. The van der Waals surface area contributed by atoms with Crippen LogP contribution >= 0.6 is 11.8 Å². The number of nitrogens with two attached hydrogens (primary N) is 1. The number of thioether (sulfide) groups is 1. The van der Waals surface area contributed by atoms with Crippen LogP contribution in [0.1, 0.15) is 24.8 Å². The molecule has 1 aromatic rings. The number of anilines is 2. The van der Waals surface area contributed by atoms with Crippen LogP contribution in [0.5, 0.6) is 0 Å². The molecule has 0 spiro atoms. The van der Waals surface area contributed by atoms with Crippen molar-refractivity contribution in [1.29, 1.82) is 0 Å². The summed E-state index contributed by atoms with van der Waals surface area (Å²) < 4.78 is 38.3. The Hall–Kier alpha value is -1.15. The lowest BCUT2D eigenvalue weighted by molar-refractivity contribution is -0.137. The van der Waals surface area contributed by atoms with E-state index in [1.54, 1.807) is 0 Å². The molecule has 0 bridgehead atoms. The number of hydrazine groups is 1. The van der Waals surface area contributed by atoms with Crippen LogP contribution < -0.4 is 16.6 Å². The van der Waals surface area contributed by atoms with E-state index < -0.39 is 11.7 Å². The van der Waals surface area contributed by atoms with Crippen molar-refractivity contribution in [3.8, 4) is 0 Å². The fraction of sp³-hybridized carbons (Fsp3) is 0.583. The summed E-state index contributed by atoms with van der Waals surface area (Å²) in [6.07, 6.45) is -0.946. The highest BCUT2D eigenvalue weighted by atomic mass is 32.2. The minimum atomic E-state index is -4.41. The Morgan fingerprint density at radius 3 is 2.65 bits per heavy atom. The third-order valence-electron chi connectivity index (χ3n) is 3.09. The molecule has 1 aromatic heterocycles. The second-order valence-corrected chi connectivity index (χ2v) is 6.05. The van der Waals surface area contributed by atoms with Gasteiger partial charge in [0.15, 0.2) is 0 Å². The molecule has 1 saturated heterocycles. The van der Waals surface area contributed by atoms with Crippen molar-refractivity contribution in [3.05, 3.63) is 17.7 Å². The fourth-order valence-electron chi connectivity index (χ4n) is 2.05. The number of nitrogens with zero attached hydrogens (tertiary/aromatic N) is 1. The highest BCUT2D eigenvalue weighted by molar-refractivity contribution is 7.99. The van der Waals surface area contributed by atoms with Crippen LogP contribution in [0.15, 0.2) is 12.1 Å². The zero-order chi connectivity index (χ0) is 14.6. The first-order chi connectivity index (χ1) is 9.49. The maximum absolute atomic E-state index is 12.8. The minimum Gasteiger partial charge on any atom is -0.369 e. The molecule has 2 heterocycles. The van der Waals surface area contributed by atoms with Crippen molar-refractivity contribution in [2.24, 2.45) is 5.84 Å². The number of nitrogen functional groups attached to an aromatic ring is 1. The van der Waals surface area contributed by atoms with Gasteiger partial charge in [-0.15, -0.1) is 0 Å². The normalized spacial score (nSPS) is 19.7. The van der Waals surface area contributed by atoms with Gasteiger partial charge in [0.25, 0.3) is 0 Å². The number of pyridine rings is 1. The standard InChI is InChI=1S/C12H17F3N4S/c13-12(14,15)8-5-10(18-11(6-8)19-16)17-7-9-3-1-2-4-20-9/h5-6,9H,1-4,7,16H2,(H2,17,18,19). The predicted octanol–water partition coefficient (Wildman–Crippen LogP) is 3.08. The van der Waals surface area contributed by atoms with Crippen molar-refractivity contribution in [2.75, 3.05) is 23.0 Å². The number of hydrogen-bond donors (Lipinski definition) is 3. The first kappa shape index (κ1) is 15.2. The van der Waals surface area contributed by atoms with Gasteiger partial charge in [0.2, 0.25) is 0 Å². The average molecular weight is 306 g/mol. The van der Waals surface area contributed by atoms with E-state index >= 15 is 0 Å². The number of aromatic nitrogens is 1. The van der Waals surface area contributed by atoms with E-state index in [4.69, 9.17) is 5.84 Å². The zero-order valence-corrected chi connectivity index (χ0v) is 11.7. The molecule has 0 amide bonds. The topological polar surface area (TPSA) is 63.0 Å². The van der Waals surface area contributed by atoms with E-state index in [1.807, 2.05) is 11.8 Å². The Kier molecular flexibility index (Phi) is 4.98. The first-order valence-corrected chi connectivity index (χ1v) is 7.45. The number of hydrogen-bond acceptors (Lipinski definition) is 5. The quantitative estimate of drug-likeness (QED) is 0.589. The molecule has 1 unspecified atom stereocenters. The summed E-state index contributed by atoms with van der Waals surface area (Å²) in [5.74, 6) is 6.46. The highest BCUT2D eigenvalue weighted by Gasteiger charge is 2.31. The predicted molar refractivity (Wildman–Crippen MR) is 75.6 cm³/mol. The van der Waals surface area contributed by atoms with E-state index in [-0.39, 0.29) is 11.6 Å². The summed E-state index contributed by atoms with van der Waals surface area (Å²) in [6, 6.07) is 1.90. The number of nitrogens with one attached hydrogen (secondary N) is 2. The van der Waals surface area contributed by atoms with Crippen LogP contribution in [-0.4, -0.2) is 22.5 Å². The third kappa shape index (κ3) is 4.17. The van der Waals surface area contributed by atoms with Crippen LogP contribution in [-0.2, 0) is 6.18 Å². The Morgan fingerprint density at radius 2 is 2.05 bits per heavy atom. The van der Waals surface area contributed by atoms with Crippen molar-refractivity contribution >= 4 is 23.4 Å².